The molecule has 0 saturated carbocycles. The van der Waals surface area contributed by atoms with Crippen LogP contribution in [0.25, 0.3) is 0 Å². The highest BCUT2D eigenvalue weighted by Gasteiger charge is 2.32. The zero-order valence-corrected chi connectivity index (χ0v) is 23.9. The van der Waals surface area contributed by atoms with Crippen molar-refractivity contribution >= 4 is 23.6 Å². The summed E-state index contributed by atoms with van der Waals surface area (Å²) in [7, 11) is 2.92. The summed E-state index contributed by atoms with van der Waals surface area (Å²) < 4.78 is 16.5. The molecule has 4 N–H and O–H groups in total. The maximum atomic E-state index is 13.4. The van der Waals surface area contributed by atoms with Crippen LogP contribution in [0.15, 0.2) is 71.0 Å². The van der Waals surface area contributed by atoms with Crippen LogP contribution in [0.3, 0.4) is 0 Å². The maximum absolute atomic E-state index is 13.4. The molecule has 2 rings (SSSR count). The summed E-state index contributed by atoms with van der Waals surface area (Å²) in [6.07, 6.45) is 5.15. The highest BCUT2D eigenvalue weighted by molar-refractivity contribution is 6.24. The number of Topliss-reactive ketones (excluding diaryl/α,β-unsaturated/α-hetero) is 1. The number of allylic oxidation sites excluding steroid dienone is 6. The monoisotopic (exact) mass is 556 g/mol. The number of hydrogen-bond donors (Lipinski definition) is 3. The van der Waals surface area contributed by atoms with Gasteiger partial charge in [-0.1, -0.05) is 50.8 Å². The molecule has 0 spiro atoms. The highest BCUT2D eigenvalue weighted by atomic mass is 16.6. The molecule has 10 heteroatoms. The van der Waals surface area contributed by atoms with Gasteiger partial charge in [0.25, 0.3) is 5.91 Å². The standard InChI is InChI=1S/C30H40N2O8/c1-8-20-21-12-16(2)13-25(39-7)26(34)18(4)14-19(5)28(40-30(31)37)24(38-6)11-9-10-17(3)29(36)32-22(27(21)35)15-23(20)33/h8-11,14-16,18,24-26,28,34H,1,12-13H2,2-7H3,(H2,31,37)(H,32,36)/t16-,18+,24+,25+,26-,28+/m1/s1. The highest BCUT2D eigenvalue weighted by Crippen LogP contribution is 2.29. The average Bonchev–Trinajstić information content (AvgIpc) is 2.90. The molecule has 1 heterocycles. The molecule has 1 aliphatic heterocycles. The van der Waals surface area contributed by atoms with Gasteiger partial charge in [0.2, 0.25) is 5.78 Å². The minimum atomic E-state index is -0.999. The van der Waals surface area contributed by atoms with Gasteiger partial charge in [0.1, 0.15) is 6.10 Å². The number of carbonyl (C=O) groups is 4. The first kappa shape index (κ1) is 32.6. The Labute approximate surface area is 235 Å². The third kappa shape index (κ3) is 8.20. The first-order chi connectivity index (χ1) is 18.8. The fraction of sp³-hybridized carbons (Fsp3) is 0.467. The van der Waals surface area contributed by atoms with Gasteiger partial charge in [0, 0.05) is 42.9 Å². The summed E-state index contributed by atoms with van der Waals surface area (Å²) in [4.78, 5) is 50.7. The summed E-state index contributed by atoms with van der Waals surface area (Å²) in [6, 6.07) is 0. The van der Waals surface area contributed by atoms with Gasteiger partial charge >= 0.3 is 6.09 Å². The normalized spacial score (nSPS) is 29.3. The summed E-state index contributed by atoms with van der Waals surface area (Å²) in [5, 5.41) is 13.7. The number of aliphatic hydroxyl groups is 1. The van der Waals surface area contributed by atoms with Crippen molar-refractivity contribution in [1.82, 2.24) is 5.32 Å². The average molecular weight is 557 g/mol. The molecule has 1 aliphatic carbocycles. The van der Waals surface area contributed by atoms with Crippen molar-refractivity contribution in [2.24, 2.45) is 17.6 Å². The van der Waals surface area contributed by atoms with Crippen LogP contribution in [-0.4, -0.2) is 67.3 Å². The number of nitrogens with one attached hydrogen (secondary N) is 1. The minimum absolute atomic E-state index is 0.126. The van der Waals surface area contributed by atoms with Gasteiger partial charge in [0.15, 0.2) is 11.9 Å². The summed E-state index contributed by atoms with van der Waals surface area (Å²) >= 11 is 0. The Morgan fingerprint density at radius 1 is 1.18 bits per heavy atom. The predicted molar refractivity (Wildman–Crippen MR) is 150 cm³/mol. The van der Waals surface area contributed by atoms with Crippen molar-refractivity contribution in [3.8, 4) is 0 Å². The maximum Gasteiger partial charge on any atom is 0.405 e. The number of carbonyl (C=O) groups excluding carboxylic acids is 4. The van der Waals surface area contributed by atoms with E-state index in [9.17, 15) is 24.3 Å². The second-order valence-corrected chi connectivity index (χ2v) is 10.2. The largest absolute Gasteiger partial charge is 0.439 e. The Hall–Kier alpha value is -3.60. The van der Waals surface area contributed by atoms with Crippen LogP contribution in [-0.2, 0) is 28.6 Å². The van der Waals surface area contributed by atoms with Crippen molar-refractivity contribution < 1.29 is 38.5 Å². The number of aliphatic hydroxyl groups excluding tert-OH is 1. The van der Waals surface area contributed by atoms with Crippen LogP contribution in [0, 0.1) is 11.8 Å². The third-order valence-corrected chi connectivity index (χ3v) is 7.04. The lowest BCUT2D eigenvalue weighted by Crippen LogP contribution is -2.37. The van der Waals surface area contributed by atoms with Gasteiger partial charge in [-0.05, 0) is 38.2 Å². The molecule has 2 amide bonds. The first-order valence-corrected chi connectivity index (χ1v) is 13.0. The molecule has 0 aromatic carbocycles. The van der Waals surface area contributed by atoms with Crippen molar-refractivity contribution in [3.05, 3.63) is 71.0 Å². The number of nitrogens with two attached hydrogens (primary N) is 1. The molecule has 0 radical (unpaired) electrons. The van der Waals surface area contributed by atoms with Gasteiger partial charge in [-0.15, -0.1) is 0 Å². The number of primary amides is 1. The van der Waals surface area contributed by atoms with Crippen LogP contribution in [0.2, 0.25) is 0 Å². The molecule has 0 saturated heterocycles. The quantitative estimate of drug-likeness (QED) is 0.353. The van der Waals surface area contributed by atoms with E-state index in [4.69, 9.17) is 19.9 Å². The van der Waals surface area contributed by atoms with Crippen LogP contribution < -0.4 is 11.1 Å². The molecule has 0 aromatic rings. The van der Waals surface area contributed by atoms with E-state index in [1.54, 1.807) is 39.0 Å². The number of ketones is 2. The molecule has 2 bridgehead atoms. The number of ether oxygens (including phenoxy) is 3. The number of amides is 2. The molecule has 6 atom stereocenters. The van der Waals surface area contributed by atoms with Crippen LogP contribution in [0.4, 0.5) is 4.79 Å². The fourth-order valence-electron chi connectivity index (χ4n) is 4.83. The fourth-order valence-corrected chi connectivity index (χ4v) is 4.83. The molecule has 2 aliphatic rings. The Morgan fingerprint density at radius 2 is 1.85 bits per heavy atom. The number of hydrogen-bond acceptors (Lipinski definition) is 8. The number of rotatable bonds is 4. The van der Waals surface area contributed by atoms with Gasteiger partial charge in [-0.2, -0.15) is 0 Å². The van der Waals surface area contributed by atoms with Gasteiger partial charge < -0.3 is 30.4 Å². The van der Waals surface area contributed by atoms with Crippen molar-refractivity contribution in [2.45, 2.75) is 65.0 Å². The Bertz CT molecular complexity index is 1180. The molecule has 0 unspecified atom stereocenters. The lowest BCUT2D eigenvalue weighted by Gasteiger charge is -2.30. The topological polar surface area (TPSA) is 154 Å². The molecule has 0 aromatic heterocycles. The van der Waals surface area contributed by atoms with E-state index in [0.29, 0.717) is 12.0 Å². The van der Waals surface area contributed by atoms with E-state index in [2.05, 4.69) is 11.9 Å². The van der Waals surface area contributed by atoms with Gasteiger partial charge in [-0.25, -0.2) is 4.79 Å². The second-order valence-electron chi connectivity index (χ2n) is 10.2. The zero-order valence-electron chi connectivity index (χ0n) is 23.9. The number of fused-ring (bicyclic) bond motifs is 2. The lowest BCUT2D eigenvalue weighted by atomic mass is 9.83. The summed E-state index contributed by atoms with van der Waals surface area (Å²) in [6.45, 7) is 10.7. The van der Waals surface area contributed by atoms with Crippen LogP contribution in [0.1, 0.15) is 40.5 Å². The van der Waals surface area contributed by atoms with E-state index in [0.717, 1.165) is 6.08 Å². The summed E-state index contributed by atoms with van der Waals surface area (Å²) in [5.74, 6) is -2.09. The van der Waals surface area contributed by atoms with E-state index >= 15 is 0 Å². The predicted octanol–water partition coefficient (Wildman–Crippen LogP) is 2.99. The van der Waals surface area contributed by atoms with Crippen molar-refractivity contribution in [1.29, 1.82) is 0 Å². The van der Waals surface area contributed by atoms with E-state index in [1.165, 1.54) is 26.4 Å². The third-order valence-electron chi connectivity index (χ3n) is 7.04. The smallest absolute Gasteiger partial charge is 0.405 e. The molecule has 10 nitrogen and oxygen atoms in total. The van der Waals surface area contributed by atoms with Crippen LogP contribution >= 0.6 is 0 Å². The Balaban J connectivity index is 2.61. The molecular formula is C30H40N2O8. The number of methoxy groups -OCH3 is 2. The second kappa shape index (κ2) is 14.7. The van der Waals surface area contributed by atoms with Gasteiger partial charge in [0.05, 0.1) is 17.9 Å². The first-order valence-electron chi connectivity index (χ1n) is 13.0. The van der Waals surface area contributed by atoms with Crippen LogP contribution in [0.5, 0.6) is 0 Å². The molecular weight excluding hydrogens is 516 g/mol. The molecule has 0 fully saturated rings. The van der Waals surface area contributed by atoms with E-state index in [1.807, 2.05) is 6.92 Å². The lowest BCUT2D eigenvalue weighted by molar-refractivity contribution is -0.120. The Morgan fingerprint density at radius 3 is 2.42 bits per heavy atom. The zero-order chi connectivity index (χ0) is 30.1. The van der Waals surface area contributed by atoms with Crippen molar-refractivity contribution in [3.63, 3.8) is 0 Å². The van der Waals surface area contributed by atoms with Crippen molar-refractivity contribution in [2.75, 3.05) is 14.2 Å². The Kier molecular flexibility index (Phi) is 12.0. The van der Waals surface area contributed by atoms with Gasteiger partial charge in [-0.3, -0.25) is 14.4 Å². The summed E-state index contributed by atoms with van der Waals surface area (Å²) in [5.41, 5.74) is 6.46. The minimum Gasteiger partial charge on any atom is -0.439 e. The van der Waals surface area contributed by atoms with E-state index in [-0.39, 0.29) is 34.8 Å². The molecule has 40 heavy (non-hydrogen) atoms. The van der Waals surface area contributed by atoms with E-state index < -0.39 is 53.9 Å². The SMILES string of the molecule is C=CC1=C2C[C@@H](C)C[C@H](OC)[C@H](O)[C@@H](C)C=C(C)[C@H](OC(N)=O)[C@@H](OC)C=CC=C(C)C(=O)NC(=CC1=O)C2=O. The molecule has 218 valence electrons.